The lowest BCUT2D eigenvalue weighted by Gasteiger charge is -2.11. The Kier molecular flexibility index (Phi) is 6.10. The molecule has 0 aliphatic heterocycles. The lowest BCUT2D eigenvalue weighted by Crippen LogP contribution is -2.39. The summed E-state index contributed by atoms with van der Waals surface area (Å²) in [6.45, 7) is 1.79. The molecule has 114 valence electrons. The molecule has 1 aromatic rings. The summed E-state index contributed by atoms with van der Waals surface area (Å²) in [7, 11) is -3.71. The molecule has 0 aromatic heterocycles. The number of carboxylic acid groups (broad SMARTS) is 1. The number of benzene rings is 1. The van der Waals surface area contributed by atoms with Crippen molar-refractivity contribution in [1.29, 1.82) is 0 Å². The summed E-state index contributed by atoms with van der Waals surface area (Å²) in [6.07, 6.45) is 1.69. The van der Waals surface area contributed by atoms with Gasteiger partial charge in [-0.1, -0.05) is 31.5 Å². The quantitative estimate of drug-likeness (QED) is 0.740. The first-order chi connectivity index (χ1) is 9.86. The summed E-state index contributed by atoms with van der Waals surface area (Å²) in [5.74, 6) is -1.90. The minimum Gasteiger partial charge on any atom is -0.480 e. The Morgan fingerprint density at radius 2 is 1.90 bits per heavy atom. The fourth-order valence-electron chi connectivity index (χ4n) is 1.61. The Morgan fingerprint density at radius 1 is 1.29 bits per heavy atom. The average Bonchev–Trinajstić information content (AvgIpc) is 2.45. The van der Waals surface area contributed by atoms with E-state index >= 15 is 0 Å². The fraction of sp³-hybridized carbons (Fsp3) is 0.286. The smallest absolute Gasteiger partial charge is 0.326 e. The van der Waals surface area contributed by atoms with Crippen LogP contribution in [0.3, 0.4) is 0 Å². The zero-order valence-electron chi connectivity index (χ0n) is 11.5. The molecule has 0 spiro atoms. The highest BCUT2D eigenvalue weighted by atomic mass is 32.2. The second kappa shape index (κ2) is 7.58. The third-order valence-corrected chi connectivity index (χ3v) is 4.09. The van der Waals surface area contributed by atoms with Crippen molar-refractivity contribution in [3.63, 3.8) is 0 Å². The molecule has 0 bridgehead atoms. The van der Waals surface area contributed by atoms with E-state index in [2.05, 4.69) is 5.32 Å². The van der Waals surface area contributed by atoms with E-state index < -0.39 is 27.8 Å². The number of hydrogen-bond acceptors (Lipinski definition) is 4. The molecular weight excluding hydrogens is 294 g/mol. The van der Waals surface area contributed by atoms with E-state index in [0.717, 1.165) is 11.5 Å². The highest BCUT2D eigenvalue weighted by Gasteiger charge is 2.18. The number of carbonyl (C=O) groups is 2. The average molecular weight is 311 g/mol. The molecule has 1 rings (SSSR count). The minimum atomic E-state index is -3.71. The number of hydrogen-bond donors (Lipinski definition) is 2. The van der Waals surface area contributed by atoms with Crippen molar-refractivity contribution in [2.75, 3.05) is 0 Å². The number of nitrogens with one attached hydrogen (secondary N) is 1. The minimum absolute atomic E-state index is 0.0670. The molecular formula is C14H17NO5S. The lowest BCUT2D eigenvalue weighted by molar-refractivity contribution is -0.141. The Hall–Kier alpha value is -2.15. The molecule has 0 saturated carbocycles. The van der Waals surface area contributed by atoms with E-state index in [9.17, 15) is 18.0 Å². The fourth-order valence-corrected chi connectivity index (χ4v) is 2.60. The third-order valence-electron chi connectivity index (χ3n) is 2.66. The molecule has 0 aliphatic rings. The molecule has 2 N–H and O–H groups in total. The maximum atomic E-state index is 11.9. The molecule has 7 heteroatoms. The van der Waals surface area contributed by atoms with Gasteiger partial charge in [-0.3, -0.25) is 4.79 Å². The van der Waals surface area contributed by atoms with Crippen molar-refractivity contribution in [3.8, 4) is 0 Å². The van der Waals surface area contributed by atoms with Gasteiger partial charge in [0.15, 0.2) is 9.84 Å². The SMILES string of the molecule is CCC[C@@H](NC(=O)/C=C/S(=O)(=O)c1ccccc1)C(=O)O. The van der Waals surface area contributed by atoms with Gasteiger partial charge in [-0.2, -0.15) is 0 Å². The number of sulfone groups is 1. The maximum absolute atomic E-state index is 11.9. The van der Waals surface area contributed by atoms with E-state index in [1.54, 1.807) is 25.1 Å². The molecule has 0 aliphatic carbocycles. The normalized spacial score (nSPS) is 13.0. The summed E-state index contributed by atoms with van der Waals surface area (Å²) in [5, 5.41) is 11.9. The van der Waals surface area contributed by atoms with Crippen molar-refractivity contribution in [2.24, 2.45) is 0 Å². The van der Waals surface area contributed by atoms with E-state index in [1.165, 1.54) is 12.1 Å². The van der Waals surface area contributed by atoms with Crippen molar-refractivity contribution in [2.45, 2.75) is 30.7 Å². The first kappa shape index (κ1) is 16.9. The van der Waals surface area contributed by atoms with Crippen LogP contribution in [0.1, 0.15) is 19.8 Å². The van der Waals surface area contributed by atoms with Gasteiger partial charge in [-0.05, 0) is 18.6 Å². The maximum Gasteiger partial charge on any atom is 0.326 e. The van der Waals surface area contributed by atoms with Crippen LogP contribution >= 0.6 is 0 Å². The van der Waals surface area contributed by atoms with Gasteiger partial charge in [-0.25, -0.2) is 13.2 Å². The molecule has 1 atom stereocenters. The third kappa shape index (κ3) is 5.39. The van der Waals surface area contributed by atoms with Gasteiger partial charge in [0.1, 0.15) is 6.04 Å². The number of carbonyl (C=O) groups excluding carboxylic acids is 1. The van der Waals surface area contributed by atoms with E-state index in [4.69, 9.17) is 5.11 Å². The molecule has 0 fully saturated rings. The number of rotatable bonds is 7. The highest BCUT2D eigenvalue weighted by molar-refractivity contribution is 7.94. The molecule has 1 amide bonds. The van der Waals surface area contributed by atoms with Gasteiger partial charge in [0.05, 0.1) is 4.90 Å². The topological polar surface area (TPSA) is 101 Å². The summed E-state index contributed by atoms with van der Waals surface area (Å²) >= 11 is 0. The van der Waals surface area contributed by atoms with Crippen LogP contribution in [0.4, 0.5) is 0 Å². The van der Waals surface area contributed by atoms with Gasteiger partial charge in [0.2, 0.25) is 5.91 Å². The monoisotopic (exact) mass is 311 g/mol. The first-order valence-corrected chi connectivity index (χ1v) is 7.93. The van der Waals surface area contributed by atoms with E-state index in [0.29, 0.717) is 6.42 Å². The summed E-state index contributed by atoms with van der Waals surface area (Å²) < 4.78 is 23.8. The molecule has 1 aromatic carbocycles. The van der Waals surface area contributed by atoms with E-state index in [1.807, 2.05) is 0 Å². The summed E-state index contributed by atoms with van der Waals surface area (Å²) in [6, 6.07) is 6.62. The van der Waals surface area contributed by atoms with E-state index in [-0.39, 0.29) is 11.3 Å². The van der Waals surface area contributed by atoms with Crippen LogP contribution in [0.15, 0.2) is 46.7 Å². The lowest BCUT2D eigenvalue weighted by atomic mass is 10.2. The van der Waals surface area contributed by atoms with Crippen LogP contribution in [0.5, 0.6) is 0 Å². The molecule has 6 nitrogen and oxygen atoms in total. The van der Waals surface area contributed by atoms with Gasteiger partial charge < -0.3 is 10.4 Å². The zero-order valence-corrected chi connectivity index (χ0v) is 12.3. The Morgan fingerprint density at radius 3 is 2.43 bits per heavy atom. The highest BCUT2D eigenvalue weighted by Crippen LogP contribution is 2.10. The number of amides is 1. The van der Waals surface area contributed by atoms with Crippen molar-refractivity contribution in [3.05, 3.63) is 41.8 Å². The Balaban J connectivity index is 2.76. The predicted molar refractivity (Wildman–Crippen MR) is 77.2 cm³/mol. The summed E-state index contributed by atoms with van der Waals surface area (Å²) in [5.41, 5.74) is 0. The van der Waals surface area contributed by atoms with Crippen LogP contribution in [0, 0.1) is 0 Å². The van der Waals surface area contributed by atoms with Gasteiger partial charge in [0.25, 0.3) is 0 Å². The largest absolute Gasteiger partial charge is 0.480 e. The Labute approximate surface area is 123 Å². The molecule has 21 heavy (non-hydrogen) atoms. The standard InChI is InChI=1S/C14H17NO5S/c1-2-6-12(14(17)18)15-13(16)9-10-21(19,20)11-7-4-3-5-8-11/h3-5,7-10,12H,2,6H2,1H3,(H,15,16)(H,17,18)/b10-9+/t12-/m1/s1. The first-order valence-electron chi connectivity index (χ1n) is 6.38. The molecule has 0 saturated heterocycles. The van der Waals surface area contributed by atoms with Crippen molar-refractivity contribution in [1.82, 2.24) is 5.32 Å². The molecule has 0 unspecified atom stereocenters. The Bertz CT molecular complexity index is 622. The summed E-state index contributed by atoms with van der Waals surface area (Å²) in [4.78, 5) is 22.5. The van der Waals surface area contributed by atoms with Crippen molar-refractivity contribution < 1.29 is 23.1 Å². The van der Waals surface area contributed by atoms with Crippen LogP contribution in [-0.2, 0) is 19.4 Å². The van der Waals surface area contributed by atoms with Gasteiger partial charge in [-0.15, -0.1) is 0 Å². The second-order valence-electron chi connectivity index (χ2n) is 4.35. The zero-order chi connectivity index (χ0) is 15.9. The molecule has 0 radical (unpaired) electrons. The van der Waals surface area contributed by atoms with Gasteiger partial charge >= 0.3 is 5.97 Å². The second-order valence-corrected chi connectivity index (χ2v) is 6.18. The number of aliphatic carboxylic acids is 1. The van der Waals surface area contributed by atoms with Crippen LogP contribution in [0.2, 0.25) is 0 Å². The predicted octanol–water partition coefficient (Wildman–Crippen LogP) is 1.34. The molecule has 0 heterocycles. The van der Waals surface area contributed by atoms with Crippen LogP contribution < -0.4 is 5.32 Å². The van der Waals surface area contributed by atoms with Gasteiger partial charge in [0, 0.05) is 11.5 Å². The van der Waals surface area contributed by atoms with Crippen LogP contribution in [0.25, 0.3) is 0 Å². The van der Waals surface area contributed by atoms with Crippen molar-refractivity contribution >= 4 is 21.7 Å². The van der Waals surface area contributed by atoms with Crippen LogP contribution in [-0.4, -0.2) is 31.4 Å². The number of carboxylic acids is 1.